The lowest BCUT2D eigenvalue weighted by Gasteiger charge is -2.27. The maximum atomic E-state index is 13.1. The molecule has 0 spiro atoms. The summed E-state index contributed by atoms with van der Waals surface area (Å²) in [4.78, 5) is 10.3. The molecule has 0 unspecified atom stereocenters. The fourth-order valence-electron chi connectivity index (χ4n) is 1.41. The molecule has 0 aliphatic rings. The molecule has 96 valence electrons. The lowest BCUT2D eigenvalue weighted by Crippen LogP contribution is -2.27. The van der Waals surface area contributed by atoms with Gasteiger partial charge in [-0.2, -0.15) is 0 Å². The van der Waals surface area contributed by atoms with E-state index >= 15 is 0 Å². The number of nitro groups is 1. The summed E-state index contributed by atoms with van der Waals surface area (Å²) >= 11 is 0. The van der Waals surface area contributed by atoms with Gasteiger partial charge in [-0.25, -0.2) is 4.39 Å². The monoisotopic (exact) mass is 262 g/mol. The Morgan fingerprint density at radius 1 is 1.41 bits per heavy atom. The van der Waals surface area contributed by atoms with Crippen molar-refractivity contribution in [3.05, 3.63) is 39.7 Å². The van der Waals surface area contributed by atoms with Gasteiger partial charge >= 0.3 is 0 Å². The predicted octanol–water partition coefficient (Wildman–Crippen LogP) is 3.20. The summed E-state index contributed by atoms with van der Waals surface area (Å²) in [6.45, 7) is 5.56. The molecule has 0 bridgehead atoms. The van der Waals surface area contributed by atoms with Crippen LogP contribution in [0.1, 0.15) is 32.4 Å². The van der Waals surface area contributed by atoms with E-state index in [9.17, 15) is 14.5 Å². The summed E-state index contributed by atoms with van der Waals surface area (Å²) in [6, 6.07) is 2.77. The molecule has 0 aliphatic carbocycles. The Morgan fingerprint density at radius 2 is 1.94 bits per heavy atom. The van der Waals surface area contributed by atoms with Crippen molar-refractivity contribution >= 4 is 18.1 Å². The zero-order chi connectivity index (χ0) is 12.5. The molecule has 1 atom stereocenters. The highest BCUT2D eigenvalue weighted by Crippen LogP contribution is 2.35. The molecule has 0 saturated carbocycles. The first-order valence-electron chi connectivity index (χ1n) is 4.93. The molecule has 1 aromatic rings. The summed E-state index contributed by atoms with van der Waals surface area (Å²) in [5.74, 6) is -0.514. The van der Waals surface area contributed by atoms with Gasteiger partial charge in [-0.3, -0.25) is 10.1 Å². The van der Waals surface area contributed by atoms with Crippen LogP contribution in [0.25, 0.3) is 0 Å². The van der Waals surface area contributed by atoms with Crippen LogP contribution in [0.4, 0.5) is 10.1 Å². The van der Waals surface area contributed by atoms with Crippen LogP contribution in [0.5, 0.6) is 0 Å². The van der Waals surface area contributed by atoms with E-state index in [0.717, 1.165) is 18.2 Å². The van der Waals surface area contributed by atoms with Gasteiger partial charge in [-0.15, -0.1) is 12.4 Å². The van der Waals surface area contributed by atoms with E-state index in [-0.39, 0.29) is 29.1 Å². The predicted molar refractivity (Wildman–Crippen MR) is 66.7 cm³/mol. The van der Waals surface area contributed by atoms with Crippen molar-refractivity contribution < 1.29 is 9.31 Å². The Morgan fingerprint density at radius 3 is 2.35 bits per heavy atom. The Bertz CT molecular complexity index is 418. The molecular formula is C11H16ClFN2O2. The van der Waals surface area contributed by atoms with Gasteiger partial charge in [0, 0.05) is 17.7 Å². The van der Waals surface area contributed by atoms with Gasteiger partial charge in [0.2, 0.25) is 0 Å². The third kappa shape index (κ3) is 3.64. The van der Waals surface area contributed by atoms with Crippen LogP contribution in [0.2, 0.25) is 0 Å². The van der Waals surface area contributed by atoms with Crippen molar-refractivity contribution in [3.63, 3.8) is 0 Å². The molecular weight excluding hydrogens is 247 g/mol. The molecule has 0 radical (unpaired) electrons. The minimum atomic E-state index is -0.580. The Balaban J connectivity index is 0.00000256. The molecule has 2 N–H and O–H groups in total. The number of nitro benzene ring substituents is 1. The third-order valence-electron chi connectivity index (χ3n) is 2.45. The summed E-state index contributed by atoms with van der Waals surface area (Å²) in [5.41, 5.74) is 5.64. The molecule has 17 heavy (non-hydrogen) atoms. The van der Waals surface area contributed by atoms with Crippen molar-refractivity contribution in [1.82, 2.24) is 0 Å². The number of hydrogen-bond donors (Lipinski definition) is 1. The molecule has 0 saturated heterocycles. The molecule has 0 aromatic heterocycles. The number of nitrogens with zero attached hydrogens (tertiary/aromatic N) is 1. The minimum Gasteiger partial charge on any atom is -0.323 e. The number of halogens is 2. The SMILES string of the molecule is CC(C)(C)[C@H](N)c1cc(F)ccc1[N+](=O)[O-].Cl. The zero-order valence-corrected chi connectivity index (χ0v) is 10.8. The lowest BCUT2D eigenvalue weighted by molar-refractivity contribution is -0.385. The Labute approximate surface area is 106 Å². The van der Waals surface area contributed by atoms with Gasteiger partial charge in [0.1, 0.15) is 5.82 Å². The quantitative estimate of drug-likeness (QED) is 0.657. The maximum Gasteiger partial charge on any atom is 0.274 e. The van der Waals surface area contributed by atoms with Crippen molar-refractivity contribution in [2.75, 3.05) is 0 Å². The summed E-state index contributed by atoms with van der Waals surface area (Å²) < 4.78 is 13.1. The first-order chi connectivity index (χ1) is 7.23. The standard InChI is InChI=1S/C11H15FN2O2.ClH/c1-11(2,3)10(13)8-6-7(12)4-5-9(8)14(15)16;/h4-6,10H,13H2,1-3H3;1H/t10-;/m1./s1. The highest BCUT2D eigenvalue weighted by molar-refractivity contribution is 5.85. The fraction of sp³-hybridized carbons (Fsp3) is 0.455. The number of hydrogen-bond acceptors (Lipinski definition) is 3. The van der Waals surface area contributed by atoms with E-state index in [1.54, 1.807) is 0 Å². The van der Waals surface area contributed by atoms with Crippen molar-refractivity contribution in [2.24, 2.45) is 11.1 Å². The Hall–Kier alpha value is -1.20. The van der Waals surface area contributed by atoms with Gasteiger partial charge in [-0.1, -0.05) is 20.8 Å². The fourth-order valence-corrected chi connectivity index (χ4v) is 1.41. The van der Waals surface area contributed by atoms with Crippen molar-refractivity contribution in [1.29, 1.82) is 0 Å². The van der Waals surface area contributed by atoms with Crippen LogP contribution in [0.15, 0.2) is 18.2 Å². The van der Waals surface area contributed by atoms with Crippen LogP contribution in [-0.2, 0) is 0 Å². The zero-order valence-electron chi connectivity index (χ0n) is 9.94. The van der Waals surface area contributed by atoms with E-state index in [1.165, 1.54) is 0 Å². The summed E-state index contributed by atoms with van der Waals surface area (Å²) in [7, 11) is 0. The van der Waals surface area contributed by atoms with Gasteiger partial charge in [0.05, 0.1) is 4.92 Å². The number of nitrogens with two attached hydrogens (primary N) is 1. The van der Waals surface area contributed by atoms with Gasteiger partial charge < -0.3 is 5.73 Å². The molecule has 0 amide bonds. The third-order valence-corrected chi connectivity index (χ3v) is 2.45. The average molecular weight is 263 g/mol. The average Bonchev–Trinajstić information content (AvgIpc) is 2.14. The van der Waals surface area contributed by atoms with Crippen LogP contribution in [-0.4, -0.2) is 4.92 Å². The topological polar surface area (TPSA) is 69.2 Å². The first kappa shape index (κ1) is 15.8. The van der Waals surface area contributed by atoms with E-state index in [0.29, 0.717) is 0 Å². The second kappa shape index (κ2) is 5.42. The number of benzene rings is 1. The Kier molecular flexibility index (Phi) is 5.04. The van der Waals surface area contributed by atoms with E-state index in [4.69, 9.17) is 5.73 Å². The van der Waals surface area contributed by atoms with Crippen LogP contribution in [0, 0.1) is 21.3 Å². The van der Waals surface area contributed by atoms with Crippen molar-refractivity contribution in [2.45, 2.75) is 26.8 Å². The highest BCUT2D eigenvalue weighted by Gasteiger charge is 2.28. The van der Waals surface area contributed by atoms with Crippen LogP contribution >= 0.6 is 12.4 Å². The lowest BCUT2D eigenvalue weighted by atomic mass is 9.82. The largest absolute Gasteiger partial charge is 0.323 e. The molecule has 0 fully saturated rings. The van der Waals surface area contributed by atoms with E-state index in [2.05, 4.69) is 0 Å². The summed E-state index contributed by atoms with van der Waals surface area (Å²) in [5, 5.41) is 10.8. The highest BCUT2D eigenvalue weighted by atomic mass is 35.5. The molecule has 0 aliphatic heterocycles. The van der Waals surface area contributed by atoms with E-state index in [1.807, 2.05) is 20.8 Å². The van der Waals surface area contributed by atoms with Gasteiger partial charge in [0.25, 0.3) is 5.69 Å². The smallest absolute Gasteiger partial charge is 0.274 e. The van der Waals surface area contributed by atoms with E-state index < -0.39 is 16.8 Å². The first-order valence-corrected chi connectivity index (χ1v) is 4.93. The number of rotatable bonds is 2. The normalized spacial score (nSPS) is 12.8. The molecule has 6 heteroatoms. The van der Waals surface area contributed by atoms with Gasteiger partial charge in [-0.05, 0) is 17.5 Å². The summed E-state index contributed by atoms with van der Waals surface area (Å²) in [6.07, 6.45) is 0. The minimum absolute atomic E-state index is 0. The maximum absolute atomic E-state index is 13.1. The molecule has 4 nitrogen and oxygen atoms in total. The molecule has 0 heterocycles. The molecule has 1 aromatic carbocycles. The van der Waals surface area contributed by atoms with Crippen molar-refractivity contribution in [3.8, 4) is 0 Å². The van der Waals surface area contributed by atoms with Gasteiger partial charge in [0.15, 0.2) is 0 Å². The van der Waals surface area contributed by atoms with Crippen LogP contribution < -0.4 is 5.73 Å². The van der Waals surface area contributed by atoms with Crippen LogP contribution in [0.3, 0.4) is 0 Å². The molecule has 1 rings (SSSR count). The second-order valence-electron chi connectivity index (χ2n) is 4.80. The second-order valence-corrected chi connectivity index (χ2v) is 4.80.